The van der Waals surface area contributed by atoms with Crippen LogP contribution in [0.25, 0.3) is 0 Å². The normalized spacial score (nSPS) is 11.1. The van der Waals surface area contributed by atoms with Crippen LogP contribution in [-0.4, -0.2) is 4.98 Å². The fourth-order valence-electron chi connectivity index (χ4n) is 1.28. The van der Waals surface area contributed by atoms with E-state index >= 15 is 0 Å². The number of rotatable bonds is 2. The van der Waals surface area contributed by atoms with Gasteiger partial charge in [-0.15, -0.1) is 0 Å². The summed E-state index contributed by atoms with van der Waals surface area (Å²) in [5.41, 5.74) is -4.04. The second-order valence-electron chi connectivity index (χ2n) is 3.16. The second kappa shape index (κ2) is 4.96. The average Bonchev–Trinajstić information content (AvgIpc) is 2.27. The highest BCUT2D eigenvalue weighted by Gasteiger charge is 2.36. The Morgan fingerprint density at radius 1 is 1.28 bits per heavy atom. The average molecular weight is 261 g/mol. The molecule has 0 N–H and O–H groups in total. The fraction of sp³-hybridized carbons (Fsp3) is 0.300. The summed E-state index contributed by atoms with van der Waals surface area (Å²) in [6.07, 6.45) is -8.80. The minimum absolute atomic E-state index is 0.293. The lowest BCUT2D eigenvalue weighted by molar-refractivity contribution is -0.138. The highest BCUT2D eigenvalue weighted by Crippen LogP contribution is 2.34. The van der Waals surface area contributed by atoms with Gasteiger partial charge in [-0.1, -0.05) is 0 Å². The lowest BCUT2D eigenvalue weighted by atomic mass is 10.1. The first-order chi connectivity index (χ1) is 8.31. The van der Waals surface area contributed by atoms with E-state index in [0.717, 1.165) is 0 Å². The fourth-order valence-corrected chi connectivity index (χ4v) is 1.28. The van der Waals surface area contributed by atoms with Gasteiger partial charge in [0.2, 0.25) is 0 Å². The van der Waals surface area contributed by atoms with Crippen molar-refractivity contribution in [1.29, 1.82) is 10.5 Å². The molecule has 1 aromatic rings. The maximum absolute atomic E-state index is 12.6. The Labute approximate surface area is 98.1 Å². The second-order valence-corrected chi connectivity index (χ2v) is 3.16. The molecule has 94 valence electrons. The van der Waals surface area contributed by atoms with E-state index in [1.54, 1.807) is 0 Å². The number of halogens is 5. The van der Waals surface area contributed by atoms with Crippen molar-refractivity contribution in [3.05, 3.63) is 28.6 Å². The minimum atomic E-state index is -4.86. The molecule has 3 nitrogen and oxygen atoms in total. The zero-order chi connectivity index (χ0) is 13.9. The van der Waals surface area contributed by atoms with Crippen LogP contribution in [0.5, 0.6) is 0 Å². The van der Waals surface area contributed by atoms with Crippen LogP contribution >= 0.6 is 0 Å². The zero-order valence-corrected chi connectivity index (χ0v) is 8.59. The van der Waals surface area contributed by atoms with E-state index in [2.05, 4.69) is 4.98 Å². The maximum atomic E-state index is 12.6. The van der Waals surface area contributed by atoms with Crippen molar-refractivity contribution in [2.24, 2.45) is 0 Å². The topological polar surface area (TPSA) is 60.5 Å². The SMILES string of the molecule is N#CCc1nc(C(F)F)c(C#N)cc1C(F)(F)F. The van der Waals surface area contributed by atoms with Crippen molar-refractivity contribution in [2.45, 2.75) is 19.0 Å². The third-order valence-corrected chi connectivity index (χ3v) is 2.01. The lowest BCUT2D eigenvalue weighted by Crippen LogP contribution is -2.13. The number of hydrogen-bond acceptors (Lipinski definition) is 3. The highest BCUT2D eigenvalue weighted by atomic mass is 19.4. The summed E-state index contributed by atoms with van der Waals surface area (Å²) in [5.74, 6) is 0. The molecule has 18 heavy (non-hydrogen) atoms. The third kappa shape index (κ3) is 2.72. The van der Waals surface area contributed by atoms with E-state index < -0.39 is 41.5 Å². The van der Waals surface area contributed by atoms with Crippen LogP contribution in [0.15, 0.2) is 6.07 Å². The van der Waals surface area contributed by atoms with Gasteiger partial charge in [-0.3, -0.25) is 0 Å². The molecule has 0 aliphatic rings. The van der Waals surface area contributed by atoms with Gasteiger partial charge < -0.3 is 0 Å². The molecule has 1 heterocycles. The van der Waals surface area contributed by atoms with E-state index in [0.29, 0.717) is 6.07 Å². The first-order valence-corrected chi connectivity index (χ1v) is 4.47. The summed E-state index contributed by atoms with van der Waals surface area (Å²) in [6.45, 7) is 0. The predicted octanol–water partition coefficient (Wildman–Crippen LogP) is 2.98. The van der Waals surface area contributed by atoms with Gasteiger partial charge >= 0.3 is 6.18 Å². The van der Waals surface area contributed by atoms with E-state index in [9.17, 15) is 22.0 Å². The Morgan fingerprint density at radius 3 is 2.28 bits per heavy atom. The van der Waals surface area contributed by atoms with Gasteiger partial charge in [-0.05, 0) is 6.07 Å². The number of hydrogen-bond donors (Lipinski definition) is 0. The molecule has 0 aliphatic carbocycles. The van der Waals surface area contributed by atoms with Gasteiger partial charge in [0.1, 0.15) is 11.8 Å². The summed E-state index contributed by atoms with van der Waals surface area (Å²) in [5, 5.41) is 16.9. The molecule has 0 aromatic carbocycles. The molecule has 0 aliphatic heterocycles. The third-order valence-electron chi connectivity index (χ3n) is 2.01. The molecule has 0 spiro atoms. The summed E-state index contributed by atoms with van der Waals surface area (Å²) < 4.78 is 62.7. The highest BCUT2D eigenvalue weighted by molar-refractivity contribution is 5.41. The standard InChI is InChI=1S/C10H4F5N3/c11-9(12)8-5(4-17)3-6(10(13,14)15)7(18-8)1-2-16/h3,9H,1H2. The monoisotopic (exact) mass is 261 g/mol. The molecule has 0 unspecified atom stereocenters. The molecule has 0 amide bonds. The molecular formula is C10H4F5N3. The molecule has 8 heteroatoms. The summed E-state index contributed by atoms with van der Waals surface area (Å²) in [4.78, 5) is 3.08. The molecule has 0 radical (unpaired) electrons. The summed E-state index contributed by atoms with van der Waals surface area (Å²) in [6, 6.07) is 2.94. The van der Waals surface area contributed by atoms with E-state index in [1.807, 2.05) is 0 Å². The van der Waals surface area contributed by atoms with Crippen LogP contribution < -0.4 is 0 Å². The number of nitriles is 2. The van der Waals surface area contributed by atoms with Crippen molar-refractivity contribution < 1.29 is 22.0 Å². The maximum Gasteiger partial charge on any atom is 0.418 e. The lowest BCUT2D eigenvalue weighted by Gasteiger charge is -2.12. The van der Waals surface area contributed by atoms with Crippen molar-refractivity contribution in [1.82, 2.24) is 4.98 Å². The summed E-state index contributed by atoms with van der Waals surface area (Å²) >= 11 is 0. The van der Waals surface area contributed by atoms with E-state index in [1.165, 1.54) is 12.1 Å². The van der Waals surface area contributed by atoms with Crippen LogP contribution in [-0.2, 0) is 12.6 Å². The Morgan fingerprint density at radius 2 is 1.89 bits per heavy atom. The largest absolute Gasteiger partial charge is 0.418 e. The van der Waals surface area contributed by atoms with Crippen molar-refractivity contribution in [3.63, 3.8) is 0 Å². The molecule has 0 saturated carbocycles. The van der Waals surface area contributed by atoms with E-state index in [4.69, 9.17) is 10.5 Å². The Balaban J connectivity index is 3.54. The van der Waals surface area contributed by atoms with Gasteiger partial charge in [0, 0.05) is 0 Å². The van der Waals surface area contributed by atoms with Crippen molar-refractivity contribution >= 4 is 0 Å². The van der Waals surface area contributed by atoms with Gasteiger partial charge in [-0.25, -0.2) is 13.8 Å². The van der Waals surface area contributed by atoms with Gasteiger partial charge in [0.25, 0.3) is 6.43 Å². The Kier molecular flexibility index (Phi) is 3.82. The van der Waals surface area contributed by atoms with Gasteiger partial charge in [0.15, 0.2) is 0 Å². The predicted molar refractivity (Wildman–Crippen MR) is 48.2 cm³/mol. The van der Waals surface area contributed by atoms with Crippen LogP contribution in [0, 0.1) is 22.7 Å². The molecule has 1 aromatic heterocycles. The van der Waals surface area contributed by atoms with Gasteiger partial charge in [-0.2, -0.15) is 23.7 Å². The number of nitrogens with zero attached hydrogens (tertiary/aromatic N) is 3. The summed E-state index contributed by atoms with van der Waals surface area (Å²) in [7, 11) is 0. The number of aromatic nitrogens is 1. The molecule has 0 saturated heterocycles. The number of pyridine rings is 1. The molecule has 0 fully saturated rings. The molecular weight excluding hydrogens is 257 g/mol. The van der Waals surface area contributed by atoms with Crippen molar-refractivity contribution in [2.75, 3.05) is 0 Å². The van der Waals surface area contributed by atoms with E-state index in [-0.39, 0.29) is 0 Å². The first-order valence-electron chi connectivity index (χ1n) is 4.47. The first kappa shape index (κ1) is 13.8. The number of alkyl halides is 5. The smallest absolute Gasteiger partial charge is 0.249 e. The molecule has 1 rings (SSSR count). The van der Waals surface area contributed by atoms with Gasteiger partial charge in [0.05, 0.1) is 29.3 Å². The van der Waals surface area contributed by atoms with Crippen LogP contribution in [0.1, 0.15) is 28.9 Å². The Bertz CT molecular complexity index is 536. The molecule has 0 atom stereocenters. The van der Waals surface area contributed by atoms with Crippen LogP contribution in [0.3, 0.4) is 0 Å². The zero-order valence-electron chi connectivity index (χ0n) is 8.59. The quantitative estimate of drug-likeness (QED) is 0.769. The Hall–Kier alpha value is -2.22. The molecule has 0 bridgehead atoms. The minimum Gasteiger partial charge on any atom is -0.249 e. The van der Waals surface area contributed by atoms with Crippen molar-refractivity contribution in [3.8, 4) is 12.1 Å². The van der Waals surface area contributed by atoms with Crippen LogP contribution in [0.2, 0.25) is 0 Å². The van der Waals surface area contributed by atoms with Crippen LogP contribution in [0.4, 0.5) is 22.0 Å².